The van der Waals surface area contributed by atoms with Crippen molar-refractivity contribution in [2.45, 2.75) is 90.5 Å². The van der Waals surface area contributed by atoms with E-state index in [1.54, 1.807) is 44.2 Å². The van der Waals surface area contributed by atoms with Gasteiger partial charge in [-0.1, -0.05) is 61.3 Å². The zero-order valence-corrected chi connectivity index (χ0v) is 55.6. The standard InChI is InChI=1S/C65H79FN14O13S2/c1-40(2)56(72-53(82)28-34-91-35-32-79-54(83)26-27-55(79)84)60(86)70-48(17-10-29-68-62(67)89)59(85)69-44-23-20-43(21-24-44)39-93-65(90)77(4)30-11-14-42-22-25-49(46(66)37-42)92-33-13-19-51-57(61(87)88)73-64(95-51)78(31-12-15-45(81)38-80(5,6)7)52-36-41(3)58(76-75-52)74-63-71-47-16-8-9-18-50(47)94-63/h8-9,16,18,20-27,36-37,40,45,48,56,81H,10,12-13,15,17,19,28-35,38-39H2,1-7H3,(H7-,67,68,69,70,71,72,74,76,82,85,86,87,88,89)/p+1/t45?,48-,56-/m0/s1. The highest BCUT2D eigenvalue weighted by Gasteiger charge is 2.30. The maximum Gasteiger partial charge on any atom is 0.410 e. The van der Waals surface area contributed by atoms with E-state index in [4.69, 9.17) is 19.9 Å². The lowest BCUT2D eigenvalue weighted by Gasteiger charge is -2.27. The number of nitrogens with two attached hydrogens (primary N) is 1. The molecule has 0 saturated heterocycles. The van der Waals surface area contributed by atoms with Crippen LogP contribution in [0.5, 0.6) is 5.75 Å². The molecule has 95 heavy (non-hydrogen) atoms. The fourth-order valence-electron chi connectivity index (χ4n) is 9.57. The number of quaternary nitrogens is 1. The number of thiazole rings is 2. The number of hydrogen-bond acceptors (Lipinski definition) is 20. The van der Waals surface area contributed by atoms with Gasteiger partial charge >= 0.3 is 18.1 Å². The number of benzene rings is 3. The summed E-state index contributed by atoms with van der Waals surface area (Å²) in [5.74, 6) is 1.69. The molecule has 1 unspecified atom stereocenters. The highest BCUT2D eigenvalue weighted by molar-refractivity contribution is 7.22. The molecule has 3 aromatic heterocycles. The smallest absolute Gasteiger partial charge is 0.410 e. The SMILES string of the molecule is Cc1cc(N(CCCC(O)C[N+](C)(C)C)c2nc(C(=O)O)c(CCCOc3ccc(C#CCN(C)C(=O)OCc4ccc(NC(=O)[C@H](CCCNC(N)=O)NC(=O)[C@@H](NC(=O)CCOCCN5C(=O)C=CC5=O)C(C)C)cc4)cc3F)s2)nnc1Nc1nc2ccccc2s1. The summed E-state index contributed by atoms with van der Waals surface area (Å²) in [5.41, 5.74) is 7.95. The lowest BCUT2D eigenvalue weighted by Crippen LogP contribution is -2.54. The average Bonchev–Trinajstić information content (AvgIpc) is 1.72. The van der Waals surface area contributed by atoms with Crippen LogP contribution in [0, 0.1) is 30.5 Å². The maximum atomic E-state index is 15.4. The number of imide groups is 1. The first-order valence-corrected chi connectivity index (χ1v) is 32.3. The minimum absolute atomic E-state index is 0.0123. The molecule has 9 N–H and O–H groups in total. The molecule has 1 aliphatic rings. The van der Waals surface area contributed by atoms with E-state index >= 15 is 4.39 Å². The quantitative estimate of drug-likeness (QED) is 0.00924. The predicted molar refractivity (Wildman–Crippen MR) is 356 cm³/mol. The number of aliphatic hydroxyl groups is 1. The van der Waals surface area contributed by atoms with Gasteiger partial charge in [-0.05, 0) is 111 Å². The van der Waals surface area contributed by atoms with Gasteiger partial charge in [0.15, 0.2) is 39.2 Å². The van der Waals surface area contributed by atoms with E-state index in [-0.39, 0.29) is 83.2 Å². The number of para-hydroxylation sites is 1. The van der Waals surface area contributed by atoms with Crippen LogP contribution in [0.1, 0.15) is 84.4 Å². The number of amides is 8. The van der Waals surface area contributed by atoms with Crippen molar-refractivity contribution in [1.82, 2.24) is 45.9 Å². The molecule has 0 fully saturated rings. The predicted octanol–water partition coefficient (Wildman–Crippen LogP) is 6.39. The molecule has 8 amide bonds. The van der Waals surface area contributed by atoms with Crippen LogP contribution in [0.25, 0.3) is 10.2 Å². The second-order valence-corrected chi connectivity index (χ2v) is 25.7. The van der Waals surface area contributed by atoms with Crippen LogP contribution in [-0.2, 0) is 46.5 Å². The van der Waals surface area contributed by atoms with Crippen molar-refractivity contribution in [2.24, 2.45) is 11.7 Å². The summed E-state index contributed by atoms with van der Waals surface area (Å²) in [6, 6.07) is 17.3. The van der Waals surface area contributed by atoms with Gasteiger partial charge in [-0.2, -0.15) is 0 Å². The number of aliphatic hydroxyl groups excluding tert-OH is 1. The van der Waals surface area contributed by atoms with E-state index in [0.717, 1.165) is 32.8 Å². The van der Waals surface area contributed by atoms with E-state index in [1.807, 2.05) is 63.3 Å². The van der Waals surface area contributed by atoms with Crippen LogP contribution in [-0.4, -0.2) is 191 Å². The van der Waals surface area contributed by atoms with Gasteiger partial charge < -0.3 is 71.0 Å². The highest BCUT2D eigenvalue weighted by Crippen LogP contribution is 2.35. The Kier molecular flexibility index (Phi) is 26.8. The molecule has 0 spiro atoms. The van der Waals surface area contributed by atoms with Crippen molar-refractivity contribution < 1.29 is 71.7 Å². The number of urea groups is 1. The molecule has 3 atom stereocenters. The first-order chi connectivity index (χ1) is 45.3. The first-order valence-electron chi connectivity index (χ1n) is 30.7. The molecule has 0 bridgehead atoms. The third kappa shape index (κ3) is 22.8. The van der Waals surface area contributed by atoms with E-state index in [1.165, 1.54) is 46.8 Å². The number of aromatic carboxylic acids is 1. The van der Waals surface area contributed by atoms with Gasteiger partial charge in [-0.25, -0.2) is 28.7 Å². The van der Waals surface area contributed by atoms with Crippen molar-refractivity contribution in [3.63, 3.8) is 0 Å². The molecule has 7 rings (SSSR count). The van der Waals surface area contributed by atoms with E-state index < -0.39 is 77.6 Å². The number of ether oxygens (including phenoxy) is 3. The summed E-state index contributed by atoms with van der Waals surface area (Å²) >= 11 is 2.69. The number of carbonyl (C=O) groups excluding carboxylic acids is 7. The fourth-order valence-corrected chi connectivity index (χ4v) is 11.6. The van der Waals surface area contributed by atoms with Crippen molar-refractivity contribution in [1.29, 1.82) is 0 Å². The van der Waals surface area contributed by atoms with Crippen LogP contribution in [0.2, 0.25) is 0 Å². The average molecular weight is 1350 g/mol. The molecule has 0 radical (unpaired) electrons. The van der Waals surface area contributed by atoms with Crippen molar-refractivity contribution >= 4 is 108 Å². The number of anilines is 5. The van der Waals surface area contributed by atoms with Gasteiger partial charge in [-0.15, -0.1) is 21.5 Å². The van der Waals surface area contributed by atoms with Gasteiger partial charge in [0, 0.05) is 54.8 Å². The van der Waals surface area contributed by atoms with Crippen LogP contribution >= 0.6 is 22.7 Å². The summed E-state index contributed by atoms with van der Waals surface area (Å²) in [4.78, 5) is 114. The van der Waals surface area contributed by atoms with Gasteiger partial charge in [-0.3, -0.25) is 28.9 Å². The molecule has 3 aromatic carbocycles. The number of nitrogens with one attached hydrogen (secondary N) is 5. The van der Waals surface area contributed by atoms with E-state index in [9.17, 15) is 48.6 Å². The summed E-state index contributed by atoms with van der Waals surface area (Å²) in [5, 5.41) is 45.1. The number of carbonyl (C=O) groups is 8. The third-order valence-corrected chi connectivity index (χ3v) is 16.5. The largest absolute Gasteiger partial charge is 0.491 e. The highest BCUT2D eigenvalue weighted by atomic mass is 32.1. The van der Waals surface area contributed by atoms with Crippen LogP contribution < -0.4 is 42.0 Å². The summed E-state index contributed by atoms with van der Waals surface area (Å²) < 4.78 is 33.7. The lowest BCUT2D eigenvalue weighted by atomic mass is 10.0. The molecule has 27 nitrogen and oxygen atoms in total. The molecular formula is C65H80FN14O13S2+. The minimum atomic E-state index is -1.21. The Morgan fingerprint density at radius 2 is 1.62 bits per heavy atom. The Bertz CT molecular complexity index is 3740. The Morgan fingerprint density at radius 1 is 0.874 bits per heavy atom. The van der Waals surface area contributed by atoms with Gasteiger partial charge in [0.2, 0.25) is 17.7 Å². The summed E-state index contributed by atoms with van der Waals surface area (Å²) in [7, 11) is 7.50. The second-order valence-electron chi connectivity index (χ2n) is 23.6. The maximum absolute atomic E-state index is 15.4. The van der Waals surface area contributed by atoms with Crippen LogP contribution in [0.3, 0.4) is 0 Å². The third-order valence-electron chi connectivity index (χ3n) is 14.4. The monoisotopic (exact) mass is 1350 g/mol. The normalized spacial score (nSPS) is 13.0. The first kappa shape index (κ1) is 72.8. The van der Waals surface area contributed by atoms with Gasteiger partial charge in [0.25, 0.3) is 11.8 Å². The number of hydrogen-bond donors (Lipinski definition) is 8. The van der Waals surface area contributed by atoms with Gasteiger partial charge in [0.05, 0.1) is 64.3 Å². The van der Waals surface area contributed by atoms with Crippen molar-refractivity contribution in [3.05, 3.63) is 118 Å². The number of carboxylic acids is 1. The molecule has 6 aromatic rings. The number of likely N-dealkylation sites (N-methyl/N-ethyl adjacent to an activating group) is 1. The summed E-state index contributed by atoms with van der Waals surface area (Å²) in [6.07, 6.45) is 2.87. The topological polar surface area (TPSA) is 352 Å². The molecule has 0 aliphatic carbocycles. The van der Waals surface area contributed by atoms with Gasteiger partial charge in [0.1, 0.15) is 31.3 Å². The summed E-state index contributed by atoms with van der Waals surface area (Å²) in [6.45, 7) is 6.17. The van der Waals surface area contributed by atoms with Crippen LogP contribution in [0.15, 0.2) is 84.9 Å². The Hall–Kier alpha value is -9.67. The molecular weight excluding hydrogens is 1270 g/mol. The van der Waals surface area contributed by atoms with Crippen molar-refractivity contribution in [2.75, 3.05) is 96.3 Å². The number of rotatable bonds is 35. The Balaban J connectivity index is 0.866. The number of aryl methyl sites for hydroxylation is 2. The molecule has 0 saturated carbocycles. The number of carboxylic acid groups (broad SMARTS) is 1. The number of primary amides is 1. The Morgan fingerprint density at radius 3 is 2.31 bits per heavy atom. The number of halogens is 1. The molecule has 506 valence electrons. The van der Waals surface area contributed by atoms with E-state index in [0.29, 0.717) is 80.4 Å². The van der Waals surface area contributed by atoms with Crippen LogP contribution in [0.4, 0.5) is 41.6 Å². The van der Waals surface area contributed by atoms with Crippen molar-refractivity contribution in [3.8, 4) is 17.6 Å². The Labute approximate surface area is 557 Å². The molecule has 30 heteroatoms. The van der Waals surface area contributed by atoms with E-state index in [2.05, 4.69) is 58.6 Å². The zero-order valence-electron chi connectivity index (χ0n) is 53.9. The fraction of sp³-hybridized carbons (Fsp3) is 0.415. The number of nitrogens with zero attached hydrogens (tertiary/aromatic N) is 8. The minimum Gasteiger partial charge on any atom is -0.491 e. The molecule has 4 heterocycles. The zero-order chi connectivity index (χ0) is 68.8. The lowest BCUT2D eigenvalue weighted by molar-refractivity contribution is -0.873. The number of fused-ring (bicyclic) bond motifs is 1. The second kappa shape index (κ2) is 35.0. The molecule has 1 aliphatic heterocycles. The number of aromatic nitrogens is 4.